The summed E-state index contributed by atoms with van der Waals surface area (Å²) >= 11 is 22.5. The highest BCUT2D eigenvalue weighted by Gasteiger charge is 2.40. The van der Waals surface area contributed by atoms with Gasteiger partial charge in [0, 0.05) is 38.8 Å². The SMILES string of the molecule is CCCC(C1SCC(CS)S1)C(S)C1SCC(CS)S1. The lowest BCUT2D eigenvalue weighted by Crippen LogP contribution is -2.29. The Hall–Kier alpha value is 2.45. The zero-order chi connectivity index (χ0) is 14.5. The Kier molecular flexibility index (Phi) is 9.09. The molecule has 0 saturated carbocycles. The first-order chi connectivity index (χ1) is 9.69. The molecule has 0 amide bonds. The molecule has 118 valence electrons. The van der Waals surface area contributed by atoms with Crippen LogP contribution in [0.5, 0.6) is 0 Å². The van der Waals surface area contributed by atoms with Gasteiger partial charge in [-0.05, 0) is 12.3 Å². The fraction of sp³-hybridized carbons (Fsp3) is 1.00. The molecule has 2 aliphatic rings. The molecule has 20 heavy (non-hydrogen) atoms. The molecule has 0 N–H and O–H groups in total. The summed E-state index contributed by atoms with van der Waals surface area (Å²) in [7, 11) is 0. The topological polar surface area (TPSA) is 0 Å². The van der Waals surface area contributed by atoms with Crippen molar-refractivity contribution < 1.29 is 0 Å². The summed E-state index contributed by atoms with van der Waals surface area (Å²) in [6, 6.07) is 0. The van der Waals surface area contributed by atoms with Crippen molar-refractivity contribution in [2.24, 2.45) is 5.92 Å². The highest BCUT2D eigenvalue weighted by atomic mass is 32.2. The van der Waals surface area contributed by atoms with Gasteiger partial charge in [0.25, 0.3) is 0 Å². The van der Waals surface area contributed by atoms with Crippen molar-refractivity contribution in [2.75, 3.05) is 23.0 Å². The summed E-state index contributed by atoms with van der Waals surface area (Å²) in [5.41, 5.74) is 0. The van der Waals surface area contributed by atoms with Gasteiger partial charge >= 0.3 is 0 Å². The Labute approximate surface area is 157 Å². The standard InChI is InChI=1S/C13H24S7/c1-2-3-10(12-17-6-8(4-14)19-12)11(16)13-18-7-9(5-15)20-13/h8-16H,2-7H2,1H3. The first kappa shape index (κ1) is 18.8. The second kappa shape index (κ2) is 9.67. The van der Waals surface area contributed by atoms with Crippen LogP contribution in [0.3, 0.4) is 0 Å². The van der Waals surface area contributed by atoms with Gasteiger partial charge in [-0.25, -0.2) is 0 Å². The van der Waals surface area contributed by atoms with Crippen LogP contribution in [0.25, 0.3) is 0 Å². The predicted molar refractivity (Wildman–Crippen MR) is 114 cm³/mol. The molecule has 0 aliphatic carbocycles. The highest BCUT2D eigenvalue weighted by Crippen LogP contribution is 2.50. The minimum atomic E-state index is 0.513. The molecule has 0 nitrogen and oxygen atoms in total. The van der Waals surface area contributed by atoms with E-state index in [1.54, 1.807) is 0 Å². The number of rotatable bonds is 7. The third-order valence-electron chi connectivity index (χ3n) is 3.64. The Balaban J connectivity index is 1.94. The molecule has 0 radical (unpaired) electrons. The lowest BCUT2D eigenvalue weighted by atomic mass is 10.0. The fourth-order valence-electron chi connectivity index (χ4n) is 2.54. The minimum absolute atomic E-state index is 0.513. The zero-order valence-corrected chi connectivity index (χ0v) is 17.6. The largest absolute Gasteiger partial charge is 0.178 e. The summed E-state index contributed by atoms with van der Waals surface area (Å²) in [6.07, 6.45) is 2.57. The lowest BCUT2D eigenvalue weighted by molar-refractivity contribution is 0.513. The van der Waals surface area contributed by atoms with Crippen LogP contribution in [0.2, 0.25) is 0 Å². The van der Waals surface area contributed by atoms with E-state index < -0.39 is 0 Å². The van der Waals surface area contributed by atoms with E-state index in [2.05, 4.69) is 79.2 Å². The quantitative estimate of drug-likeness (QED) is 0.515. The first-order valence-electron chi connectivity index (χ1n) is 7.13. The fourth-order valence-corrected chi connectivity index (χ4v) is 11.6. The molecule has 2 rings (SSSR count). The van der Waals surface area contributed by atoms with Crippen LogP contribution >= 0.6 is 84.9 Å². The van der Waals surface area contributed by atoms with Crippen LogP contribution in [0.4, 0.5) is 0 Å². The van der Waals surface area contributed by atoms with Crippen molar-refractivity contribution in [1.82, 2.24) is 0 Å². The van der Waals surface area contributed by atoms with E-state index in [9.17, 15) is 0 Å². The van der Waals surface area contributed by atoms with Crippen molar-refractivity contribution in [3.05, 3.63) is 0 Å². The summed E-state index contributed by atoms with van der Waals surface area (Å²) in [5.74, 6) is 5.26. The molecule has 6 unspecified atom stereocenters. The molecule has 0 aromatic rings. The number of thioether (sulfide) groups is 4. The van der Waals surface area contributed by atoms with Gasteiger partial charge in [-0.1, -0.05) is 13.3 Å². The summed E-state index contributed by atoms with van der Waals surface area (Å²) in [5, 5.41) is 1.97. The molecule has 6 atom stereocenters. The van der Waals surface area contributed by atoms with Gasteiger partial charge in [0.2, 0.25) is 0 Å². The van der Waals surface area contributed by atoms with Crippen molar-refractivity contribution in [3.8, 4) is 0 Å². The Morgan fingerprint density at radius 2 is 1.55 bits per heavy atom. The normalized spacial score (nSPS) is 37.2. The molecule has 0 aromatic carbocycles. The van der Waals surface area contributed by atoms with Gasteiger partial charge in [0.15, 0.2) is 0 Å². The van der Waals surface area contributed by atoms with E-state index in [0.717, 1.165) is 32.5 Å². The van der Waals surface area contributed by atoms with Gasteiger partial charge < -0.3 is 0 Å². The van der Waals surface area contributed by atoms with Crippen molar-refractivity contribution >= 4 is 84.9 Å². The maximum atomic E-state index is 5.06. The van der Waals surface area contributed by atoms with Crippen LogP contribution < -0.4 is 0 Å². The minimum Gasteiger partial charge on any atom is -0.178 e. The van der Waals surface area contributed by atoms with Crippen molar-refractivity contribution in [2.45, 2.75) is 44.7 Å². The first-order valence-corrected chi connectivity index (χ1v) is 12.9. The average molecular weight is 405 g/mol. The predicted octanol–water partition coefficient (Wildman–Crippen LogP) is 4.91. The van der Waals surface area contributed by atoms with E-state index in [0.29, 0.717) is 9.83 Å². The second-order valence-electron chi connectivity index (χ2n) is 5.23. The van der Waals surface area contributed by atoms with Crippen LogP contribution in [0.1, 0.15) is 19.8 Å². The van der Waals surface area contributed by atoms with Gasteiger partial charge in [-0.15, -0.1) is 47.0 Å². The van der Waals surface area contributed by atoms with Crippen LogP contribution in [-0.2, 0) is 0 Å². The smallest absolute Gasteiger partial charge is 0.0625 e. The van der Waals surface area contributed by atoms with E-state index in [1.807, 2.05) is 0 Å². The Morgan fingerprint density at radius 1 is 1.00 bits per heavy atom. The van der Waals surface area contributed by atoms with Gasteiger partial charge in [0.1, 0.15) is 0 Å². The summed E-state index contributed by atoms with van der Waals surface area (Å²) < 4.78 is 1.38. The monoisotopic (exact) mass is 404 g/mol. The average Bonchev–Trinajstić information content (AvgIpc) is 3.12. The molecule has 2 heterocycles. The summed E-state index contributed by atoms with van der Waals surface area (Å²) in [4.78, 5) is 0. The van der Waals surface area contributed by atoms with Crippen LogP contribution in [-0.4, -0.2) is 47.9 Å². The molecular formula is C13H24S7. The van der Waals surface area contributed by atoms with Gasteiger partial charge in [-0.2, -0.15) is 37.9 Å². The molecule has 7 heteroatoms. The van der Waals surface area contributed by atoms with Crippen molar-refractivity contribution in [1.29, 1.82) is 0 Å². The van der Waals surface area contributed by atoms with Gasteiger partial charge in [-0.3, -0.25) is 0 Å². The molecule has 0 spiro atoms. The molecular weight excluding hydrogens is 381 g/mol. The van der Waals surface area contributed by atoms with E-state index in [-0.39, 0.29) is 0 Å². The summed E-state index contributed by atoms with van der Waals surface area (Å²) in [6.45, 7) is 2.30. The Bertz CT molecular complexity index is 288. The molecule has 2 aliphatic heterocycles. The number of thiol groups is 3. The van der Waals surface area contributed by atoms with E-state index in [1.165, 1.54) is 24.3 Å². The lowest BCUT2D eigenvalue weighted by Gasteiger charge is -2.31. The number of hydrogen-bond acceptors (Lipinski definition) is 7. The maximum absolute atomic E-state index is 5.06. The van der Waals surface area contributed by atoms with E-state index >= 15 is 0 Å². The molecule has 0 aromatic heterocycles. The third-order valence-corrected chi connectivity index (χ3v) is 13.1. The zero-order valence-electron chi connectivity index (χ0n) is 11.7. The van der Waals surface area contributed by atoms with Crippen LogP contribution in [0, 0.1) is 5.92 Å². The van der Waals surface area contributed by atoms with Crippen LogP contribution in [0.15, 0.2) is 0 Å². The molecule has 2 fully saturated rings. The second-order valence-corrected chi connectivity index (χ2v) is 12.4. The van der Waals surface area contributed by atoms with E-state index in [4.69, 9.17) is 12.6 Å². The molecule has 0 bridgehead atoms. The number of hydrogen-bond donors (Lipinski definition) is 3. The van der Waals surface area contributed by atoms with Crippen molar-refractivity contribution in [3.63, 3.8) is 0 Å². The highest BCUT2D eigenvalue weighted by molar-refractivity contribution is 8.21. The van der Waals surface area contributed by atoms with Gasteiger partial charge in [0.05, 0.1) is 9.16 Å². The third kappa shape index (κ3) is 4.97. The Morgan fingerprint density at radius 3 is 2.05 bits per heavy atom. The maximum Gasteiger partial charge on any atom is 0.0625 e. The molecule has 2 saturated heterocycles.